The molecule has 1 aliphatic heterocycles. The Morgan fingerprint density at radius 2 is 2.32 bits per heavy atom. The third kappa shape index (κ3) is 3.24. The molecule has 22 heavy (non-hydrogen) atoms. The molecule has 2 heterocycles. The Morgan fingerprint density at radius 1 is 1.45 bits per heavy atom. The topological polar surface area (TPSA) is 58.4 Å². The van der Waals surface area contributed by atoms with Gasteiger partial charge in [0.05, 0.1) is 5.92 Å². The highest BCUT2D eigenvalue weighted by Gasteiger charge is 2.27. The van der Waals surface area contributed by atoms with Gasteiger partial charge in [0.1, 0.15) is 5.52 Å². The van der Waals surface area contributed by atoms with Crippen molar-refractivity contribution in [1.82, 2.24) is 10.3 Å². The maximum atomic E-state index is 12.2. The Hall–Kier alpha value is -2.04. The fraction of sp³-hybridized carbons (Fsp3) is 0.529. The van der Waals surface area contributed by atoms with Crippen molar-refractivity contribution in [2.24, 2.45) is 5.92 Å². The van der Waals surface area contributed by atoms with E-state index in [1.54, 1.807) is 0 Å². The minimum absolute atomic E-state index is 0.0284. The Morgan fingerprint density at radius 3 is 3.14 bits per heavy atom. The maximum absolute atomic E-state index is 12.2. The number of para-hydroxylation sites is 2. The van der Waals surface area contributed by atoms with Crippen LogP contribution < -0.4 is 10.2 Å². The number of nitrogens with zero attached hydrogens (tertiary/aromatic N) is 2. The number of anilines is 1. The summed E-state index contributed by atoms with van der Waals surface area (Å²) in [6, 6.07) is 8.39. The Kier molecular flexibility index (Phi) is 4.61. The predicted octanol–water partition coefficient (Wildman–Crippen LogP) is 2.96. The minimum Gasteiger partial charge on any atom is -0.423 e. The number of hydrogen-bond donors (Lipinski definition) is 1. The van der Waals surface area contributed by atoms with Crippen LogP contribution in [0.15, 0.2) is 28.7 Å². The third-order valence-corrected chi connectivity index (χ3v) is 4.17. The predicted molar refractivity (Wildman–Crippen MR) is 86.9 cm³/mol. The summed E-state index contributed by atoms with van der Waals surface area (Å²) in [5.74, 6) is 0.190. The summed E-state index contributed by atoms with van der Waals surface area (Å²) in [5.41, 5.74) is 1.67. The standard InChI is InChI=1S/C17H23N3O2/c1-2-3-10-18-16(21)13-7-6-11-20(12-13)17-19-14-8-4-5-9-15(14)22-17/h4-5,8-9,13H,2-3,6-7,10-12H2,1H3,(H,18,21)/t13-/m1/s1. The molecular formula is C17H23N3O2. The van der Waals surface area contributed by atoms with E-state index in [9.17, 15) is 4.79 Å². The summed E-state index contributed by atoms with van der Waals surface area (Å²) < 4.78 is 5.82. The first-order valence-corrected chi connectivity index (χ1v) is 8.16. The number of fused-ring (bicyclic) bond motifs is 1. The SMILES string of the molecule is CCCCNC(=O)[C@@H]1CCCN(c2nc3ccccc3o2)C1. The monoisotopic (exact) mass is 301 g/mol. The molecule has 1 amide bonds. The Balaban J connectivity index is 1.66. The van der Waals surface area contributed by atoms with Crippen molar-refractivity contribution in [3.8, 4) is 0 Å². The van der Waals surface area contributed by atoms with Gasteiger partial charge in [0, 0.05) is 19.6 Å². The average Bonchev–Trinajstić information content (AvgIpc) is 2.99. The van der Waals surface area contributed by atoms with E-state index in [1.807, 2.05) is 24.3 Å². The van der Waals surface area contributed by atoms with Gasteiger partial charge in [-0.3, -0.25) is 4.79 Å². The zero-order chi connectivity index (χ0) is 15.4. The van der Waals surface area contributed by atoms with Gasteiger partial charge in [-0.25, -0.2) is 0 Å². The smallest absolute Gasteiger partial charge is 0.298 e. The van der Waals surface area contributed by atoms with Crippen molar-refractivity contribution in [3.05, 3.63) is 24.3 Å². The molecule has 0 saturated carbocycles. The third-order valence-electron chi connectivity index (χ3n) is 4.17. The first kappa shape index (κ1) is 14.9. The van der Waals surface area contributed by atoms with E-state index in [0.717, 1.165) is 49.9 Å². The highest BCUT2D eigenvalue weighted by Crippen LogP contribution is 2.26. The summed E-state index contributed by atoms with van der Waals surface area (Å²) in [6.07, 6.45) is 4.06. The van der Waals surface area contributed by atoms with Gasteiger partial charge in [0.15, 0.2) is 5.58 Å². The zero-order valence-electron chi connectivity index (χ0n) is 13.0. The molecule has 1 fully saturated rings. The van der Waals surface area contributed by atoms with E-state index in [1.165, 1.54) is 0 Å². The van der Waals surface area contributed by atoms with Gasteiger partial charge in [0.25, 0.3) is 6.01 Å². The van der Waals surface area contributed by atoms with Crippen LogP contribution >= 0.6 is 0 Å². The van der Waals surface area contributed by atoms with Gasteiger partial charge >= 0.3 is 0 Å². The highest BCUT2D eigenvalue weighted by molar-refractivity contribution is 5.79. The molecule has 0 unspecified atom stereocenters. The van der Waals surface area contributed by atoms with E-state index >= 15 is 0 Å². The lowest BCUT2D eigenvalue weighted by molar-refractivity contribution is -0.125. The molecule has 1 aliphatic rings. The van der Waals surface area contributed by atoms with Crippen LogP contribution in [0.4, 0.5) is 6.01 Å². The molecule has 118 valence electrons. The molecule has 3 rings (SSSR count). The van der Waals surface area contributed by atoms with Gasteiger partial charge in [-0.15, -0.1) is 0 Å². The maximum Gasteiger partial charge on any atom is 0.298 e. The van der Waals surface area contributed by atoms with Crippen LogP contribution in [0.2, 0.25) is 0 Å². The number of nitrogens with one attached hydrogen (secondary N) is 1. The van der Waals surface area contributed by atoms with Crippen LogP contribution in [0, 0.1) is 5.92 Å². The zero-order valence-corrected chi connectivity index (χ0v) is 13.0. The molecule has 0 aliphatic carbocycles. The second-order valence-electron chi connectivity index (χ2n) is 5.89. The van der Waals surface area contributed by atoms with Crippen molar-refractivity contribution in [2.75, 3.05) is 24.5 Å². The van der Waals surface area contributed by atoms with Crippen LogP contribution in [0.3, 0.4) is 0 Å². The van der Waals surface area contributed by atoms with Gasteiger partial charge < -0.3 is 14.6 Å². The average molecular weight is 301 g/mol. The van der Waals surface area contributed by atoms with Crippen molar-refractivity contribution in [3.63, 3.8) is 0 Å². The molecule has 1 N–H and O–H groups in total. The van der Waals surface area contributed by atoms with Crippen LogP contribution in [-0.2, 0) is 4.79 Å². The highest BCUT2D eigenvalue weighted by atomic mass is 16.4. The number of carbonyl (C=O) groups is 1. The molecule has 1 saturated heterocycles. The van der Waals surface area contributed by atoms with Crippen molar-refractivity contribution in [1.29, 1.82) is 0 Å². The fourth-order valence-corrected chi connectivity index (χ4v) is 2.89. The molecule has 1 atom stereocenters. The second kappa shape index (κ2) is 6.81. The van der Waals surface area contributed by atoms with E-state index in [-0.39, 0.29) is 11.8 Å². The van der Waals surface area contributed by atoms with Crippen LogP contribution in [0.25, 0.3) is 11.1 Å². The van der Waals surface area contributed by atoms with Crippen LogP contribution in [0.5, 0.6) is 0 Å². The lowest BCUT2D eigenvalue weighted by Crippen LogP contribution is -2.43. The molecule has 1 aromatic carbocycles. The lowest BCUT2D eigenvalue weighted by Gasteiger charge is -2.30. The summed E-state index contributed by atoms with van der Waals surface area (Å²) in [6.45, 7) is 4.48. The normalized spacial score (nSPS) is 18.6. The molecule has 0 radical (unpaired) electrons. The lowest BCUT2D eigenvalue weighted by atomic mass is 9.97. The Labute approximate surface area is 130 Å². The van der Waals surface area contributed by atoms with E-state index in [4.69, 9.17) is 4.42 Å². The number of oxazole rings is 1. The molecule has 2 aromatic rings. The molecular weight excluding hydrogens is 278 g/mol. The number of amides is 1. The van der Waals surface area contributed by atoms with E-state index < -0.39 is 0 Å². The fourth-order valence-electron chi connectivity index (χ4n) is 2.89. The summed E-state index contributed by atoms with van der Waals surface area (Å²) in [7, 11) is 0. The van der Waals surface area contributed by atoms with Gasteiger partial charge in [-0.05, 0) is 31.4 Å². The number of carbonyl (C=O) groups excluding carboxylic acids is 1. The Bertz CT molecular complexity index is 605. The second-order valence-corrected chi connectivity index (χ2v) is 5.89. The first-order valence-electron chi connectivity index (χ1n) is 8.16. The minimum atomic E-state index is 0.0284. The number of unbranched alkanes of at least 4 members (excludes halogenated alkanes) is 1. The number of benzene rings is 1. The number of hydrogen-bond acceptors (Lipinski definition) is 4. The quantitative estimate of drug-likeness (QED) is 0.863. The van der Waals surface area contributed by atoms with Crippen LogP contribution in [-0.4, -0.2) is 30.5 Å². The van der Waals surface area contributed by atoms with Crippen molar-refractivity contribution < 1.29 is 9.21 Å². The number of rotatable bonds is 5. The van der Waals surface area contributed by atoms with Gasteiger partial charge in [-0.2, -0.15) is 4.98 Å². The summed E-state index contributed by atoms with van der Waals surface area (Å²) >= 11 is 0. The van der Waals surface area contributed by atoms with Gasteiger partial charge in [0.2, 0.25) is 5.91 Å². The molecule has 0 spiro atoms. The molecule has 5 nitrogen and oxygen atoms in total. The molecule has 1 aromatic heterocycles. The van der Waals surface area contributed by atoms with E-state index in [0.29, 0.717) is 12.6 Å². The van der Waals surface area contributed by atoms with Gasteiger partial charge in [-0.1, -0.05) is 25.5 Å². The van der Waals surface area contributed by atoms with Crippen molar-refractivity contribution in [2.45, 2.75) is 32.6 Å². The molecule has 5 heteroatoms. The van der Waals surface area contributed by atoms with E-state index in [2.05, 4.69) is 22.1 Å². The summed E-state index contributed by atoms with van der Waals surface area (Å²) in [4.78, 5) is 18.9. The number of aromatic nitrogens is 1. The summed E-state index contributed by atoms with van der Waals surface area (Å²) in [5, 5.41) is 3.04. The largest absolute Gasteiger partial charge is 0.423 e. The number of piperidine rings is 1. The van der Waals surface area contributed by atoms with Crippen molar-refractivity contribution >= 4 is 23.0 Å². The van der Waals surface area contributed by atoms with Crippen LogP contribution in [0.1, 0.15) is 32.6 Å². The molecule has 0 bridgehead atoms. The first-order chi connectivity index (χ1) is 10.8.